The Balaban J connectivity index is 1.73. The van der Waals surface area contributed by atoms with Gasteiger partial charge in [0.2, 0.25) is 0 Å². The van der Waals surface area contributed by atoms with E-state index in [0.29, 0.717) is 24.0 Å². The van der Waals surface area contributed by atoms with Crippen LogP contribution in [-0.2, 0) is 11.3 Å². The highest BCUT2D eigenvalue weighted by molar-refractivity contribution is 5.65. The van der Waals surface area contributed by atoms with E-state index in [1.165, 1.54) is 12.8 Å². The molecule has 3 rings (SSSR count). The van der Waals surface area contributed by atoms with Crippen molar-refractivity contribution in [1.29, 1.82) is 0 Å². The van der Waals surface area contributed by atoms with Gasteiger partial charge < -0.3 is 4.74 Å². The molecule has 0 aromatic heterocycles. The Hall–Kier alpha value is -1.93. The Bertz CT molecular complexity index is 709. The van der Waals surface area contributed by atoms with E-state index in [2.05, 4.69) is 25.1 Å². The Morgan fingerprint density at radius 3 is 2.36 bits per heavy atom. The molecule has 1 saturated carbocycles. The van der Waals surface area contributed by atoms with Crippen molar-refractivity contribution in [3.05, 3.63) is 71.6 Å². The lowest BCUT2D eigenvalue weighted by Gasteiger charge is -2.27. The maximum atomic E-state index is 14.7. The standard InChI is InChI=1S/C23H27FO/c1-3-4-17-5-9-19(10-6-17)21-13-14-22(23(24)15-21)20-11-7-18(8-12-20)16-25-2/h3-4,7-8,11-15,17,19H,5-6,9-10,16H2,1-2H3/t17-,19-. The van der Waals surface area contributed by atoms with Gasteiger partial charge in [-0.1, -0.05) is 48.6 Å². The third-order valence-electron chi connectivity index (χ3n) is 5.28. The van der Waals surface area contributed by atoms with Gasteiger partial charge >= 0.3 is 0 Å². The number of hydrogen-bond acceptors (Lipinski definition) is 1. The van der Waals surface area contributed by atoms with Gasteiger partial charge in [-0.2, -0.15) is 0 Å². The maximum absolute atomic E-state index is 14.7. The summed E-state index contributed by atoms with van der Waals surface area (Å²) in [4.78, 5) is 0. The molecular formula is C23H27FO. The van der Waals surface area contributed by atoms with Crippen LogP contribution in [0.3, 0.4) is 0 Å². The van der Waals surface area contributed by atoms with E-state index in [4.69, 9.17) is 4.74 Å². The second-order valence-electron chi connectivity index (χ2n) is 7.01. The van der Waals surface area contributed by atoms with Crippen molar-refractivity contribution in [1.82, 2.24) is 0 Å². The van der Waals surface area contributed by atoms with Crippen LogP contribution < -0.4 is 0 Å². The fraction of sp³-hybridized carbons (Fsp3) is 0.391. The minimum atomic E-state index is -0.118. The molecule has 0 N–H and O–H groups in total. The number of allylic oxidation sites excluding steroid dienone is 2. The van der Waals surface area contributed by atoms with E-state index < -0.39 is 0 Å². The zero-order valence-corrected chi connectivity index (χ0v) is 15.2. The summed E-state index contributed by atoms with van der Waals surface area (Å²) in [5.41, 5.74) is 3.84. The number of benzene rings is 2. The van der Waals surface area contributed by atoms with E-state index in [1.807, 2.05) is 30.3 Å². The molecule has 1 nitrogen and oxygen atoms in total. The number of ether oxygens (including phenoxy) is 1. The molecule has 0 saturated heterocycles. The van der Waals surface area contributed by atoms with E-state index in [0.717, 1.165) is 29.5 Å². The van der Waals surface area contributed by atoms with E-state index >= 15 is 0 Å². The molecule has 25 heavy (non-hydrogen) atoms. The molecule has 0 heterocycles. The third kappa shape index (κ3) is 4.38. The Kier molecular flexibility index (Phi) is 6.04. The number of hydrogen-bond donors (Lipinski definition) is 0. The molecule has 2 heteroatoms. The van der Waals surface area contributed by atoms with Crippen molar-refractivity contribution in [3.8, 4) is 11.1 Å². The van der Waals surface area contributed by atoms with Crippen molar-refractivity contribution in [2.45, 2.75) is 45.1 Å². The Morgan fingerprint density at radius 1 is 1.04 bits per heavy atom. The Morgan fingerprint density at radius 2 is 1.76 bits per heavy atom. The van der Waals surface area contributed by atoms with Gasteiger partial charge in [0.15, 0.2) is 0 Å². The molecule has 2 aromatic rings. The van der Waals surface area contributed by atoms with Gasteiger partial charge in [0.1, 0.15) is 5.82 Å². The second-order valence-corrected chi connectivity index (χ2v) is 7.01. The molecule has 1 aliphatic rings. The van der Waals surface area contributed by atoms with Crippen LogP contribution in [0.5, 0.6) is 0 Å². The van der Waals surface area contributed by atoms with Gasteiger partial charge in [0.25, 0.3) is 0 Å². The minimum Gasteiger partial charge on any atom is -0.380 e. The zero-order valence-electron chi connectivity index (χ0n) is 15.2. The third-order valence-corrected chi connectivity index (χ3v) is 5.28. The van der Waals surface area contributed by atoms with Crippen LogP contribution in [0.15, 0.2) is 54.6 Å². The highest BCUT2D eigenvalue weighted by Gasteiger charge is 2.21. The van der Waals surface area contributed by atoms with Crippen molar-refractivity contribution >= 4 is 0 Å². The van der Waals surface area contributed by atoms with Crippen molar-refractivity contribution in [2.75, 3.05) is 7.11 Å². The maximum Gasteiger partial charge on any atom is 0.131 e. The van der Waals surface area contributed by atoms with Crippen LogP contribution in [0.1, 0.15) is 49.7 Å². The van der Waals surface area contributed by atoms with Crippen LogP contribution in [0.2, 0.25) is 0 Å². The molecule has 0 aliphatic heterocycles. The van der Waals surface area contributed by atoms with Crippen LogP contribution in [0.25, 0.3) is 11.1 Å². The molecule has 0 amide bonds. The van der Waals surface area contributed by atoms with E-state index in [1.54, 1.807) is 13.2 Å². The fourth-order valence-electron chi connectivity index (χ4n) is 3.88. The zero-order chi connectivity index (χ0) is 17.6. The lowest BCUT2D eigenvalue weighted by molar-refractivity contribution is 0.185. The summed E-state index contributed by atoms with van der Waals surface area (Å²) in [5, 5.41) is 0. The van der Waals surface area contributed by atoms with Crippen LogP contribution >= 0.6 is 0 Å². The average molecular weight is 338 g/mol. The van der Waals surface area contributed by atoms with E-state index in [9.17, 15) is 4.39 Å². The minimum absolute atomic E-state index is 0.118. The molecule has 132 valence electrons. The molecule has 1 aliphatic carbocycles. The predicted octanol–water partition coefficient (Wildman–Crippen LogP) is 6.49. The van der Waals surface area contributed by atoms with Crippen LogP contribution in [-0.4, -0.2) is 7.11 Å². The summed E-state index contributed by atoms with van der Waals surface area (Å²) >= 11 is 0. The molecule has 0 unspecified atom stereocenters. The molecule has 0 radical (unpaired) electrons. The molecule has 2 aromatic carbocycles. The first-order chi connectivity index (χ1) is 12.2. The van der Waals surface area contributed by atoms with Crippen molar-refractivity contribution in [2.24, 2.45) is 5.92 Å². The first-order valence-electron chi connectivity index (χ1n) is 9.21. The summed E-state index contributed by atoms with van der Waals surface area (Å²) < 4.78 is 19.8. The summed E-state index contributed by atoms with van der Waals surface area (Å²) in [6.45, 7) is 2.67. The molecule has 0 bridgehead atoms. The SMILES string of the molecule is CC=C[C@H]1CC[C@H](c2ccc(-c3ccc(COC)cc3)c(F)c2)CC1. The summed E-state index contributed by atoms with van der Waals surface area (Å²) in [5.74, 6) is 1.08. The number of halogens is 1. The van der Waals surface area contributed by atoms with E-state index in [-0.39, 0.29) is 5.82 Å². The number of methoxy groups -OCH3 is 1. The first kappa shape index (κ1) is 17.9. The molecule has 0 spiro atoms. The predicted molar refractivity (Wildman–Crippen MR) is 102 cm³/mol. The van der Waals surface area contributed by atoms with Crippen LogP contribution in [0.4, 0.5) is 4.39 Å². The quantitative estimate of drug-likeness (QED) is 0.566. The topological polar surface area (TPSA) is 9.23 Å². The van der Waals surface area contributed by atoms with Crippen molar-refractivity contribution in [3.63, 3.8) is 0 Å². The van der Waals surface area contributed by atoms with Gasteiger partial charge in [-0.3, -0.25) is 0 Å². The fourth-order valence-corrected chi connectivity index (χ4v) is 3.88. The van der Waals surface area contributed by atoms with Gasteiger partial charge in [0, 0.05) is 12.7 Å². The van der Waals surface area contributed by atoms with Gasteiger partial charge in [-0.05, 0) is 67.2 Å². The van der Waals surface area contributed by atoms with Gasteiger partial charge in [0.05, 0.1) is 6.61 Å². The molecular weight excluding hydrogens is 311 g/mol. The monoisotopic (exact) mass is 338 g/mol. The first-order valence-corrected chi connectivity index (χ1v) is 9.21. The summed E-state index contributed by atoms with van der Waals surface area (Å²) in [6.07, 6.45) is 9.18. The average Bonchev–Trinajstić information content (AvgIpc) is 2.64. The Labute approximate surface area is 150 Å². The summed E-state index contributed by atoms with van der Waals surface area (Å²) in [6, 6.07) is 13.7. The van der Waals surface area contributed by atoms with Gasteiger partial charge in [-0.15, -0.1) is 0 Å². The molecule has 0 atom stereocenters. The largest absolute Gasteiger partial charge is 0.380 e. The smallest absolute Gasteiger partial charge is 0.131 e. The van der Waals surface area contributed by atoms with Crippen LogP contribution in [0, 0.1) is 11.7 Å². The second kappa shape index (κ2) is 8.44. The number of rotatable bonds is 5. The lowest BCUT2D eigenvalue weighted by atomic mass is 9.78. The molecule has 1 fully saturated rings. The van der Waals surface area contributed by atoms with Gasteiger partial charge in [-0.25, -0.2) is 4.39 Å². The normalized spacial score (nSPS) is 20.9. The highest BCUT2D eigenvalue weighted by atomic mass is 19.1. The lowest BCUT2D eigenvalue weighted by Crippen LogP contribution is -2.12. The highest BCUT2D eigenvalue weighted by Crippen LogP contribution is 2.37. The summed E-state index contributed by atoms with van der Waals surface area (Å²) in [7, 11) is 1.68. The van der Waals surface area contributed by atoms with Crippen molar-refractivity contribution < 1.29 is 9.13 Å².